The first-order valence-electron chi connectivity index (χ1n) is 14.2. The van der Waals surface area contributed by atoms with E-state index in [-0.39, 0.29) is 23.5 Å². The first kappa shape index (κ1) is 33.3. The van der Waals surface area contributed by atoms with Crippen molar-refractivity contribution >= 4 is 27.5 Å². The summed E-state index contributed by atoms with van der Waals surface area (Å²) in [7, 11) is -3.10. The number of aryl methyl sites for hydroxylation is 2. The zero-order chi connectivity index (χ0) is 32.8. The molecule has 45 heavy (non-hydrogen) atoms. The van der Waals surface area contributed by atoms with E-state index in [0.29, 0.717) is 15.9 Å². The monoisotopic (exact) mass is 637 g/mol. The van der Waals surface area contributed by atoms with Crippen molar-refractivity contribution in [1.29, 1.82) is 0 Å². The molecule has 0 aromatic heterocycles. The predicted octanol–water partition coefficient (Wildman–Crippen LogP) is 5.90. The molecule has 4 aromatic carbocycles. The van der Waals surface area contributed by atoms with Crippen LogP contribution < -0.4 is 9.62 Å². The maximum atomic E-state index is 14.3. The molecule has 0 aliphatic carbocycles. The van der Waals surface area contributed by atoms with Crippen LogP contribution in [0.2, 0.25) is 0 Å². The van der Waals surface area contributed by atoms with Gasteiger partial charge in [-0.05, 0) is 55.3 Å². The highest BCUT2D eigenvalue weighted by Gasteiger charge is 2.36. The van der Waals surface area contributed by atoms with Crippen molar-refractivity contribution in [2.45, 2.75) is 43.9 Å². The summed E-state index contributed by atoms with van der Waals surface area (Å²) in [6, 6.07) is 24.9. The number of nitrogens with zero attached hydrogens (tertiary/aromatic N) is 2. The Bertz CT molecular complexity index is 1740. The number of hydrogen-bond donors (Lipinski definition) is 1. The van der Waals surface area contributed by atoms with E-state index in [4.69, 9.17) is 0 Å². The highest BCUT2D eigenvalue weighted by atomic mass is 32.2. The molecule has 0 aliphatic rings. The summed E-state index contributed by atoms with van der Waals surface area (Å²) >= 11 is 0. The Balaban J connectivity index is 1.83. The normalized spacial score (nSPS) is 12.3. The third kappa shape index (κ3) is 8.30. The number of halogens is 3. The average molecular weight is 638 g/mol. The van der Waals surface area contributed by atoms with Gasteiger partial charge in [-0.2, -0.15) is 13.2 Å². The number of carbonyl (C=O) groups is 2. The van der Waals surface area contributed by atoms with E-state index >= 15 is 0 Å². The summed E-state index contributed by atoms with van der Waals surface area (Å²) in [6.45, 7) is 2.73. The first-order valence-corrected chi connectivity index (χ1v) is 15.6. The van der Waals surface area contributed by atoms with Crippen LogP contribution in [0.4, 0.5) is 18.9 Å². The molecule has 0 radical (unpaired) electrons. The fourth-order valence-corrected chi connectivity index (χ4v) is 6.34. The van der Waals surface area contributed by atoms with Crippen LogP contribution in [0.25, 0.3) is 0 Å². The van der Waals surface area contributed by atoms with E-state index in [1.165, 1.54) is 30.1 Å². The lowest BCUT2D eigenvalue weighted by molar-refractivity contribution is -0.139. The van der Waals surface area contributed by atoms with Gasteiger partial charge in [0.2, 0.25) is 11.8 Å². The van der Waals surface area contributed by atoms with Crippen molar-refractivity contribution in [1.82, 2.24) is 10.2 Å². The lowest BCUT2D eigenvalue weighted by atomic mass is 10.0. The first-order chi connectivity index (χ1) is 21.3. The zero-order valence-corrected chi connectivity index (χ0v) is 25.9. The molecule has 0 heterocycles. The van der Waals surface area contributed by atoms with Crippen LogP contribution in [-0.2, 0) is 38.8 Å². The van der Waals surface area contributed by atoms with E-state index in [9.17, 15) is 31.2 Å². The Morgan fingerprint density at radius 2 is 1.44 bits per heavy atom. The van der Waals surface area contributed by atoms with Crippen molar-refractivity contribution in [2.75, 3.05) is 17.9 Å². The molecule has 0 saturated carbocycles. The molecule has 2 amide bonds. The predicted molar refractivity (Wildman–Crippen MR) is 167 cm³/mol. The Hall–Kier alpha value is -4.64. The summed E-state index contributed by atoms with van der Waals surface area (Å²) in [5.41, 5.74) is 1.73. The quantitative estimate of drug-likeness (QED) is 0.222. The van der Waals surface area contributed by atoms with Crippen molar-refractivity contribution in [3.8, 4) is 0 Å². The number of likely N-dealkylation sites (N-methyl/N-ethyl adjacent to an activating group) is 1. The van der Waals surface area contributed by atoms with Crippen LogP contribution in [0.3, 0.4) is 0 Å². The number of carbonyl (C=O) groups excluding carboxylic acids is 2. The van der Waals surface area contributed by atoms with Crippen molar-refractivity contribution in [3.05, 3.63) is 131 Å². The molecule has 0 bridgehead atoms. The largest absolute Gasteiger partial charge is 0.416 e. The molecule has 0 fully saturated rings. The van der Waals surface area contributed by atoms with Crippen LogP contribution in [0, 0.1) is 13.8 Å². The van der Waals surface area contributed by atoms with Gasteiger partial charge in [0.15, 0.2) is 0 Å². The summed E-state index contributed by atoms with van der Waals surface area (Å²) < 4.78 is 69.8. The van der Waals surface area contributed by atoms with E-state index in [2.05, 4.69) is 5.32 Å². The van der Waals surface area contributed by atoms with Crippen LogP contribution in [0.5, 0.6) is 0 Å². The summed E-state index contributed by atoms with van der Waals surface area (Å²) in [5, 5.41) is 2.60. The number of amides is 2. The van der Waals surface area contributed by atoms with Gasteiger partial charge in [0.05, 0.1) is 16.1 Å². The molecular formula is C34H34F3N3O4S. The molecule has 4 rings (SSSR count). The SMILES string of the molecule is CNC(=O)[C@@H](Cc1ccccc1)N(Cc1cccc(C)c1)C(=O)CN(c1cccc(C(F)(F)F)c1)S(=O)(=O)c1ccc(C)cc1. The number of benzene rings is 4. The van der Waals surface area contributed by atoms with Gasteiger partial charge >= 0.3 is 6.18 Å². The highest BCUT2D eigenvalue weighted by molar-refractivity contribution is 7.92. The van der Waals surface area contributed by atoms with Crippen LogP contribution in [0.15, 0.2) is 108 Å². The maximum absolute atomic E-state index is 14.3. The second-order valence-corrected chi connectivity index (χ2v) is 12.6. The third-order valence-corrected chi connectivity index (χ3v) is 9.09. The van der Waals surface area contributed by atoms with Gasteiger partial charge in [-0.1, -0.05) is 83.9 Å². The average Bonchev–Trinajstić information content (AvgIpc) is 3.01. The second kappa shape index (κ2) is 14.0. The summed E-state index contributed by atoms with van der Waals surface area (Å²) in [5.74, 6) is -1.25. The molecule has 1 N–H and O–H groups in total. The van der Waals surface area contributed by atoms with Gasteiger partial charge in [-0.25, -0.2) is 8.42 Å². The topological polar surface area (TPSA) is 86.8 Å². The highest BCUT2D eigenvalue weighted by Crippen LogP contribution is 2.33. The fourth-order valence-electron chi connectivity index (χ4n) is 4.93. The molecule has 0 spiro atoms. The molecule has 1 atom stereocenters. The van der Waals surface area contributed by atoms with E-state index in [1.54, 1.807) is 43.3 Å². The molecular weight excluding hydrogens is 603 g/mol. The standard InChI is InChI=1S/C34H34F3N3O4S/c1-24-15-17-30(18-16-24)45(43,44)40(29-14-8-13-28(21-29)34(35,36)37)23-32(41)39(22-27-12-7-9-25(2)19-27)31(33(42)38-3)20-26-10-5-4-6-11-26/h4-19,21,31H,20,22-23H2,1-3H3,(H,38,42)/t31-/m1/s1. The number of rotatable bonds is 11. The van der Waals surface area contributed by atoms with Gasteiger partial charge in [0.1, 0.15) is 12.6 Å². The molecule has 7 nitrogen and oxygen atoms in total. The van der Waals surface area contributed by atoms with Crippen LogP contribution >= 0.6 is 0 Å². The summed E-state index contributed by atoms with van der Waals surface area (Å²) in [4.78, 5) is 28.7. The fraction of sp³-hybridized carbons (Fsp3) is 0.235. The Morgan fingerprint density at radius 1 is 0.800 bits per heavy atom. The Labute approximate surface area is 261 Å². The van der Waals surface area contributed by atoms with Crippen molar-refractivity contribution < 1.29 is 31.2 Å². The van der Waals surface area contributed by atoms with E-state index in [0.717, 1.165) is 28.8 Å². The zero-order valence-electron chi connectivity index (χ0n) is 25.1. The van der Waals surface area contributed by atoms with Gasteiger partial charge in [-0.15, -0.1) is 0 Å². The second-order valence-electron chi connectivity index (χ2n) is 10.7. The van der Waals surface area contributed by atoms with Gasteiger partial charge in [-0.3, -0.25) is 13.9 Å². The molecule has 0 unspecified atom stereocenters. The minimum Gasteiger partial charge on any atom is -0.357 e. The number of sulfonamides is 1. The Morgan fingerprint density at radius 3 is 2.07 bits per heavy atom. The van der Waals surface area contributed by atoms with Crippen LogP contribution in [0.1, 0.15) is 27.8 Å². The van der Waals surface area contributed by atoms with Gasteiger partial charge in [0, 0.05) is 20.0 Å². The lowest BCUT2D eigenvalue weighted by Gasteiger charge is -2.33. The number of alkyl halides is 3. The number of hydrogen-bond acceptors (Lipinski definition) is 4. The van der Waals surface area contributed by atoms with Crippen molar-refractivity contribution in [3.63, 3.8) is 0 Å². The van der Waals surface area contributed by atoms with Crippen LogP contribution in [-0.4, -0.2) is 44.8 Å². The lowest BCUT2D eigenvalue weighted by Crippen LogP contribution is -2.53. The third-order valence-electron chi connectivity index (χ3n) is 7.30. The molecule has 0 saturated heterocycles. The van der Waals surface area contributed by atoms with Crippen molar-refractivity contribution in [2.24, 2.45) is 0 Å². The van der Waals surface area contributed by atoms with E-state index in [1.807, 2.05) is 37.3 Å². The maximum Gasteiger partial charge on any atom is 0.416 e. The molecule has 0 aliphatic heterocycles. The minimum absolute atomic E-state index is 0.0492. The van der Waals surface area contributed by atoms with Gasteiger partial charge < -0.3 is 10.2 Å². The minimum atomic E-state index is -4.75. The smallest absolute Gasteiger partial charge is 0.357 e. The molecule has 4 aromatic rings. The molecule has 11 heteroatoms. The van der Waals surface area contributed by atoms with Gasteiger partial charge in [0.25, 0.3) is 10.0 Å². The number of nitrogens with one attached hydrogen (secondary N) is 1. The number of anilines is 1. The summed E-state index contributed by atoms with van der Waals surface area (Å²) in [6.07, 6.45) is -4.64. The molecule has 236 valence electrons. The van der Waals surface area contributed by atoms with E-state index < -0.39 is 46.2 Å². The Kier molecular flexibility index (Phi) is 10.3.